The van der Waals surface area contributed by atoms with Crippen LogP contribution in [0.25, 0.3) is 0 Å². The quantitative estimate of drug-likeness (QED) is 0.867. The van der Waals surface area contributed by atoms with Crippen LogP contribution in [0.3, 0.4) is 0 Å². The standard InChI is InChI=1S/C15H20FN.ClH/c16-14-6-1-3-11(8-14)7-12-4-2-5-13-9-17-10-15(12)13;/h1,3,6,8,12-13,15,17H,2,4-5,7,9-10H2;1H. The van der Waals surface area contributed by atoms with Crippen molar-refractivity contribution in [1.29, 1.82) is 0 Å². The van der Waals surface area contributed by atoms with Crippen LogP contribution in [0.2, 0.25) is 0 Å². The first-order valence-electron chi connectivity index (χ1n) is 6.78. The molecular weight excluding hydrogens is 249 g/mol. The van der Waals surface area contributed by atoms with Crippen molar-refractivity contribution in [3.05, 3.63) is 35.6 Å². The fourth-order valence-corrected chi connectivity index (χ4v) is 3.70. The number of fused-ring (bicyclic) bond motifs is 1. The average molecular weight is 270 g/mol. The summed E-state index contributed by atoms with van der Waals surface area (Å²) < 4.78 is 13.2. The van der Waals surface area contributed by atoms with Crippen molar-refractivity contribution in [2.45, 2.75) is 25.7 Å². The Morgan fingerprint density at radius 1 is 1.22 bits per heavy atom. The number of hydrogen-bond acceptors (Lipinski definition) is 1. The number of rotatable bonds is 2. The van der Waals surface area contributed by atoms with Gasteiger partial charge in [0.25, 0.3) is 0 Å². The summed E-state index contributed by atoms with van der Waals surface area (Å²) in [7, 11) is 0. The van der Waals surface area contributed by atoms with Crippen molar-refractivity contribution in [1.82, 2.24) is 5.32 Å². The predicted molar refractivity (Wildman–Crippen MR) is 74.5 cm³/mol. The molecule has 3 unspecified atom stereocenters. The molecule has 1 aliphatic heterocycles. The molecule has 1 N–H and O–H groups in total. The summed E-state index contributed by atoms with van der Waals surface area (Å²) in [5.41, 5.74) is 1.17. The minimum absolute atomic E-state index is 0. The van der Waals surface area contributed by atoms with Crippen LogP contribution in [0, 0.1) is 23.6 Å². The zero-order valence-corrected chi connectivity index (χ0v) is 11.4. The van der Waals surface area contributed by atoms with Crippen LogP contribution in [-0.4, -0.2) is 13.1 Å². The van der Waals surface area contributed by atoms with Gasteiger partial charge >= 0.3 is 0 Å². The number of halogens is 2. The van der Waals surface area contributed by atoms with E-state index < -0.39 is 0 Å². The van der Waals surface area contributed by atoms with Gasteiger partial charge in [0.05, 0.1) is 0 Å². The fraction of sp³-hybridized carbons (Fsp3) is 0.600. The van der Waals surface area contributed by atoms with E-state index in [1.165, 1.54) is 44.0 Å². The van der Waals surface area contributed by atoms with Crippen LogP contribution in [0.1, 0.15) is 24.8 Å². The maximum atomic E-state index is 13.2. The minimum atomic E-state index is -0.0978. The van der Waals surface area contributed by atoms with Gasteiger partial charge in [0.2, 0.25) is 0 Å². The Kier molecular flexibility index (Phi) is 4.63. The first kappa shape index (κ1) is 13.8. The molecule has 0 amide bonds. The summed E-state index contributed by atoms with van der Waals surface area (Å²) in [4.78, 5) is 0. The van der Waals surface area contributed by atoms with E-state index in [4.69, 9.17) is 0 Å². The normalized spacial score (nSPS) is 30.6. The first-order valence-corrected chi connectivity index (χ1v) is 6.78. The molecule has 0 bridgehead atoms. The van der Waals surface area contributed by atoms with Crippen LogP contribution < -0.4 is 5.32 Å². The van der Waals surface area contributed by atoms with Crippen molar-refractivity contribution >= 4 is 12.4 Å². The van der Waals surface area contributed by atoms with Crippen LogP contribution in [0.5, 0.6) is 0 Å². The highest BCUT2D eigenvalue weighted by Gasteiger charge is 2.36. The fourth-order valence-electron chi connectivity index (χ4n) is 3.70. The molecule has 2 fully saturated rings. The Balaban J connectivity index is 0.00000120. The lowest BCUT2D eigenvalue weighted by atomic mass is 9.71. The summed E-state index contributed by atoms with van der Waals surface area (Å²) in [6.07, 6.45) is 5.11. The zero-order valence-electron chi connectivity index (χ0n) is 10.6. The number of hydrogen-bond donors (Lipinski definition) is 1. The second-order valence-electron chi connectivity index (χ2n) is 5.61. The molecule has 3 rings (SSSR count). The Morgan fingerprint density at radius 2 is 2.11 bits per heavy atom. The third-order valence-electron chi connectivity index (χ3n) is 4.53. The molecule has 1 nitrogen and oxygen atoms in total. The largest absolute Gasteiger partial charge is 0.316 e. The average Bonchev–Trinajstić information content (AvgIpc) is 2.78. The maximum Gasteiger partial charge on any atom is 0.123 e. The monoisotopic (exact) mass is 269 g/mol. The van der Waals surface area contributed by atoms with E-state index in [0.29, 0.717) is 0 Å². The molecule has 2 aliphatic rings. The van der Waals surface area contributed by atoms with E-state index in [1.54, 1.807) is 6.07 Å². The molecule has 1 saturated carbocycles. The maximum absolute atomic E-state index is 13.2. The summed E-state index contributed by atoms with van der Waals surface area (Å²) in [6.45, 7) is 2.37. The highest BCUT2D eigenvalue weighted by molar-refractivity contribution is 5.85. The molecule has 0 spiro atoms. The second-order valence-corrected chi connectivity index (χ2v) is 5.61. The van der Waals surface area contributed by atoms with E-state index in [2.05, 4.69) is 11.4 Å². The van der Waals surface area contributed by atoms with Gasteiger partial charge in [-0.2, -0.15) is 0 Å². The Morgan fingerprint density at radius 3 is 2.94 bits per heavy atom. The van der Waals surface area contributed by atoms with Gasteiger partial charge < -0.3 is 5.32 Å². The van der Waals surface area contributed by atoms with Crippen molar-refractivity contribution in [3.63, 3.8) is 0 Å². The first-order chi connectivity index (χ1) is 8.33. The van der Waals surface area contributed by atoms with E-state index in [-0.39, 0.29) is 18.2 Å². The molecule has 3 heteroatoms. The second kappa shape index (κ2) is 6.03. The van der Waals surface area contributed by atoms with Gasteiger partial charge in [-0.25, -0.2) is 4.39 Å². The van der Waals surface area contributed by atoms with E-state index in [9.17, 15) is 4.39 Å². The molecule has 0 aromatic heterocycles. The van der Waals surface area contributed by atoms with Gasteiger partial charge in [-0.15, -0.1) is 12.4 Å². The van der Waals surface area contributed by atoms with Crippen LogP contribution in [0.4, 0.5) is 4.39 Å². The van der Waals surface area contributed by atoms with Gasteiger partial charge in [-0.1, -0.05) is 18.6 Å². The molecule has 3 atom stereocenters. The van der Waals surface area contributed by atoms with Gasteiger partial charge in [-0.3, -0.25) is 0 Å². The van der Waals surface area contributed by atoms with Gasteiger partial charge in [0, 0.05) is 0 Å². The SMILES string of the molecule is Cl.Fc1cccc(CC2CCCC3CNCC32)c1. The zero-order chi connectivity index (χ0) is 11.7. The summed E-state index contributed by atoms with van der Waals surface area (Å²) in [5.74, 6) is 2.36. The van der Waals surface area contributed by atoms with Crippen LogP contribution in [0.15, 0.2) is 24.3 Å². The lowest BCUT2D eigenvalue weighted by molar-refractivity contribution is 0.198. The molecule has 100 valence electrons. The minimum Gasteiger partial charge on any atom is -0.316 e. The number of benzene rings is 1. The molecule has 0 radical (unpaired) electrons. The Hall–Kier alpha value is -0.600. The molecule has 1 aliphatic carbocycles. The molecule has 18 heavy (non-hydrogen) atoms. The van der Waals surface area contributed by atoms with Gasteiger partial charge in [0.15, 0.2) is 0 Å². The van der Waals surface area contributed by atoms with Crippen molar-refractivity contribution in [2.75, 3.05) is 13.1 Å². The summed E-state index contributed by atoms with van der Waals surface area (Å²) in [5, 5.41) is 3.52. The number of nitrogens with one attached hydrogen (secondary N) is 1. The molecule has 1 heterocycles. The van der Waals surface area contributed by atoms with Crippen molar-refractivity contribution in [2.24, 2.45) is 17.8 Å². The van der Waals surface area contributed by atoms with Crippen molar-refractivity contribution < 1.29 is 4.39 Å². The van der Waals surface area contributed by atoms with Crippen LogP contribution >= 0.6 is 12.4 Å². The highest BCUT2D eigenvalue weighted by atomic mass is 35.5. The third-order valence-corrected chi connectivity index (χ3v) is 4.53. The third kappa shape index (κ3) is 2.86. The van der Waals surface area contributed by atoms with Gasteiger partial charge in [-0.05, 0) is 67.8 Å². The van der Waals surface area contributed by atoms with E-state index in [1.807, 2.05) is 6.07 Å². The Labute approximate surface area is 115 Å². The summed E-state index contributed by atoms with van der Waals surface area (Å²) >= 11 is 0. The van der Waals surface area contributed by atoms with E-state index >= 15 is 0 Å². The smallest absolute Gasteiger partial charge is 0.123 e. The molecular formula is C15H21ClFN. The Bertz CT molecular complexity index is 396. The van der Waals surface area contributed by atoms with Crippen molar-refractivity contribution in [3.8, 4) is 0 Å². The molecule has 1 aromatic rings. The lowest BCUT2D eigenvalue weighted by Gasteiger charge is -2.33. The topological polar surface area (TPSA) is 12.0 Å². The molecule has 1 saturated heterocycles. The molecule has 1 aromatic carbocycles. The van der Waals surface area contributed by atoms with Gasteiger partial charge in [0.1, 0.15) is 5.82 Å². The lowest BCUT2D eigenvalue weighted by Crippen LogP contribution is -2.28. The van der Waals surface area contributed by atoms with Crippen LogP contribution in [-0.2, 0) is 6.42 Å². The predicted octanol–water partition coefficient (Wildman–Crippen LogP) is 3.43. The highest BCUT2D eigenvalue weighted by Crippen LogP contribution is 2.38. The van der Waals surface area contributed by atoms with E-state index in [0.717, 1.165) is 24.2 Å². The summed E-state index contributed by atoms with van der Waals surface area (Å²) in [6, 6.07) is 7.13.